The number of hydrogen-bond acceptors (Lipinski definition) is 2. The molecule has 0 saturated heterocycles. The number of halogens is 3. The van der Waals surface area contributed by atoms with Crippen LogP contribution in [0.3, 0.4) is 0 Å². The molecule has 1 aromatic rings. The van der Waals surface area contributed by atoms with E-state index in [0.29, 0.717) is 0 Å². The lowest BCUT2D eigenvalue weighted by Crippen LogP contribution is -2.16. The molecule has 0 radical (unpaired) electrons. The van der Waals surface area contributed by atoms with Gasteiger partial charge >= 0.3 is 6.36 Å². The quantitative estimate of drug-likeness (QED) is 0.896. The second-order valence-corrected chi connectivity index (χ2v) is 4.15. The summed E-state index contributed by atoms with van der Waals surface area (Å²) >= 11 is 0. The van der Waals surface area contributed by atoms with E-state index in [1.54, 1.807) is 6.08 Å². The molecule has 1 N–H and O–H groups in total. The summed E-state index contributed by atoms with van der Waals surface area (Å²) in [6, 6.07) is 5.52. The van der Waals surface area contributed by atoms with Crippen molar-refractivity contribution in [1.29, 1.82) is 0 Å². The lowest BCUT2D eigenvalue weighted by Gasteiger charge is -2.10. The minimum Gasteiger partial charge on any atom is -0.406 e. The van der Waals surface area contributed by atoms with E-state index in [4.69, 9.17) is 5.11 Å². The van der Waals surface area contributed by atoms with E-state index in [-0.39, 0.29) is 18.3 Å². The van der Waals surface area contributed by atoms with Gasteiger partial charge in [0.1, 0.15) is 5.75 Å². The Hall–Kier alpha value is -1.49. The van der Waals surface area contributed by atoms with Crippen LogP contribution in [0.15, 0.2) is 29.8 Å². The first kappa shape index (κ1) is 14.6. The van der Waals surface area contributed by atoms with E-state index in [0.717, 1.165) is 11.1 Å². The maximum absolute atomic E-state index is 11.9. The Morgan fingerprint density at radius 2 is 1.83 bits per heavy atom. The summed E-state index contributed by atoms with van der Waals surface area (Å²) in [4.78, 5) is 0. The monoisotopic (exact) mass is 260 g/mol. The average molecular weight is 260 g/mol. The number of aliphatic hydroxyl groups is 1. The van der Waals surface area contributed by atoms with E-state index in [1.807, 2.05) is 13.8 Å². The van der Waals surface area contributed by atoms with Crippen molar-refractivity contribution < 1.29 is 23.0 Å². The fraction of sp³-hybridized carbons (Fsp3) is 0.385. The summed E-state index contributed by atoms with van der Waals surface area (Å²) in [6.45, 7) is 3.80. The summed E-state index contributed by atoms with van der Waals surface area (Å²) in [6.07, 6.45) is -2.92. The zero-order chi connectivity index (χ0) is 13.8. The van der Waals surface area contributed by atoms with Crippen LogP contribution in [0, 0.1) is 5.92 Å². The molecular formula is C13H15F3O2. The van der Waals surface area contributed by atoms with E-state index in [9.17, 15) is 13.2 Å². The van der Waals surface area contributed by atoms with Crippen LogP contribution in [0.2, 0.25) is 0 Å². The summed E-state index contributed by atoms with van der Waals surface area (Å²) in [5, 5.41) is 9.12. The summed E-state index contributed by atoms with van der Waals surface area (Å²) in [5.74, 6) is -0.0733. The Morgan fingerprint density at radius 1 is 1.28 bits per heavy atom. The van der Waals surface area contributed by atoms with Crippen LogP contribution in [0.4, 0.5) is 13.2 Å². The molecule has 5 heteroatoms. The van der Waals surface area contributed by atoms with E-state index in [1.165, 1.54) is 24.3 Å². The third-order valence-electron chi connectivity index (χ3n) is 2.39. The van der Waals surface area contributed by atoms with Gasteiger partial charge < -0.3 is 9.84 Å². The van der Waals surface area contributed by atoms with Crippen molar-refractivity contribution in [1.82, 2.24) is 0 Å². The molecule has 0 bridgehead atoms. The second kappa shape index (κ2) is 5.91. The second-order valence-electron chi connectivity index (χ2n) is 4.15. The first-order chi connectivity index (χ1) is 8.31. The molecule has 0 spiro atoms. The zero-order valence-corrected chi connectivity index (χ0v) is 10.2. The first-order valence-corrected chi connectivity index (χ1v) is 5.49. The van der Waals surface area contributed by atoms with Crippen LogP contribution in [-0.2, 0) is 0 Å². The number of alkyl halides is 3. The molecule has 0 amide bonds. The van der Waals surface area contributed by atoms with Crippen LogP contribution >= 0.6 is 0 Å². The van der Waals surface area contributed by atoms with E-state index < -0.39 is 6.36 Å². The summed E-state index contributed by atoms with van der Waals surface area (Å²) < 4.78 is 39.6. The van der Waals surface area contributed by atoms with Crippen LogP contribution < -0.4 is 4.74 Å². The fourth-order valence-corrected chi connectivity index (χ4v) is 1.37. The topological polar surface area (TPSA) is 29.5 Å². The predicted molar refractivity (Wildman–Crippen MR) is 63.0 cm³/mol. The van der Waals surface area contributed by atoms with E-state index >= 15 is 0 Å². The highest BCUT2D eigenvalue weighted by atomic mass is 19.4. The Labute approximate surface area is 104 Å². The zero-order valence-electron chi connectivity index (χ0n) is 10.2. The average Bonchev–Trinajstić information content (AvgIpc) is 2.25. The lowest BCUT2D eigenvalue weighted by molar-refractivity contribution is -0.274. The number of benzene rings is 1. The molecule has 0 fully saturated rings. The number of hydrogen-bond donors (Lipinski definition) is 1. The van der Waals surface area contributed by atoms with Gasteiger partial charge in [-0.25, -0.2) is 0 Å². The molecule has 2 nitrogen and oxygen atoms in total. The van der Waals surface area contributed by atoms with Crippen LogP contribution in [0.5, 0.6) is 5.75 Å². The smallest absolute Gasteiger partial charge is 0.406 e. The first-order valence-electron chi connectivity index (χ1n) is 5.49. The van der Waals surface area contributed by atoms with Crippen molar-refractivity contribution in [2.45, 2.75) is 20.2 Å². The van der Waals surface area contributed by atoms with Crippen molar-refractivity contribution >= 4 is 6.08 Å². The van der Waals surface area contributed by atoms with Gasteiger partial charge in [0.25, 0.3) is 0 Å². The third-order valence-corrected chi connectivity index (χ3v) is 2.39. The lowest BCUT2D eigenvalue weighted by atomic mass is 10.0. The summed E-state index contributed by atoms with van der Waals surface area (Å²) in [7, 11) is 0. The molecule has 1 rings (SSSR count). The Bertz CT molecular complexity index is 405. The standard InChI is InChI=1S/C13H15F3O2/c1-9(2)11(8-17)7-10-3-5-12(6-4-10)18-13(14,15)16/h3-7,9,17H,8H2,1-2H3. The van der Waals surface area contributed by atoms with Gasteiger partial charge in [0, 0.05) is 0 Å². The molecule has 18 heavy (non-hydrogen) atoms. The molecule has 0 aliphatic carbocycles. The largest absolute Gasteiger partial charge is 0.573 e. The third kappa shape index (κ3) is 4.79. The van der Waals surface area contributed by atoms with Crippen LogP contribution in [-0.4, -0.2) is 18.1 Å². The molecule has 0 unspecified atom stereocenters. The highest BCUT2D eigenvalue weighted by Crippen LogP contribution is 2.23. The molecular weight excluding hydrogens is 245 g/mol. The predicted octanol–water partition coefficient (Wildman–Crippen LogP) is 3.62. The van der Waals surface area contributed by atoms with Crippen molar-refractivity contribution in [2.24, 2.45) is 5.92 Å². The van der Waals surface area contributed by atoms with Gasteiger partial charge in [-0.1, -0.05) is 32.1 Å². The fourth-order valence-electron chi connectivity index (χ4n) is 1.37. The van der Waals surface area contributed by atoms with Gasteiger partial charge in [0.05, 0.1) is 6.61 Å². The normalized spacial score (nSPS) is 12.9. The minimum absolute atomic E-state index is 0.0710. The number of rotatable bonds is 4. The van der Waals surface area contributed by atoms with Gasteiger partial charge in [-0.15, -0.1) is 13.2 Å². The van der Waals surface area contributed by atoms with Crippen molar-refractivity contribution in [3.63, 3.8) is 0 Å². The number of ether oxygens (including phenoxy) is 1. The maximum Gasteiger partial charge on any atom is 0.573 e. The molecule has 0 aliphatic rings. The Kier molecular flexibility index (Phi) is 4.78. The molecule has 1 aromatic carbocycles. The molecule has 0 aliphatic heterocycles. The van der Waals surface area contributed by atoms with Crippen LogP contribution in [0.1, 0.15) is 19.4 Å². The molecule has 0 aromatic heterocycles. The highest BCUT2D eigenvalue weighted by Gasteiger charge is 2.30. The van der Waals surface area contributed by atoms with Gasteiger partial charge in [-0.3, -0.25) is 0 Å². The number of aliphatic hydroxyl groups excluding tert-OH is 1. The summed E-state index contributed by atoms with van der Waals surface area (Å²) in [5.41, 5.74) is 1.54. The van der Waals surface area contributed by atoms with Gasteiger partial charge in [0.15, 0.2) is 0 Å². The molecule has 0 heterocycles. The maximum atomic E-state index is 11.9. The van der Waals surface area contributed by atoms with Gasteiger partial charge in [-0.2, -0.15) is 0 Å². The molecule has 0 atom stereocenters. The van der Waals surface area contributed by atoms with Crippen molar-refractivity contribution in [3.8, 4) is 5.75 Å². The molecule has 0 saturated carbocycles. The SMILES string of the molecule is CC(C)C(=Cc1ccc(OC(F)(F)F)cc1)CO. The molecule has 100 valence electrons. The minimum atomic E-state index is -4.68. The Balaban J connectivity index is 2.83. The van der Waals surface area contributed by atoms with Crippen molar-refractivity contribution in [2.75, 3.05) is 6.61 Å². The highest BCUT2D eigenvalue weighted by molar-refractivity contribution is 5.54. The van der Waals surface area contributed by atoms with Crippen molar-refractivity contribution in [3.05, 3.63) is 35.4 Å². The Morgan fingerprint density at radius 3 is 2.22 bits per heavy atom. The van der Waals surface area contributed by atoms with Gasteiger partial charge in [0.2, 0.25) is 0 Å². The van der Waals surface area contributed by atoms with Crippen LogP contribution in [0.25, 0.3) is 6.08 Å². The van der Waals surface area contributed by atoms with E-state index in [2.05, 4.69) is 4.74 Å². The van der Waals surface area contributed by atoms with Gasteiger partial charge in [-0.05, 0) is 29.2 Å².